The normalized spacial score (nSPS) is 17.1. The molecule has 1 aromatic rings. The Kier molecular flexibility index (Phi) is 11.5. The Balaban J connectivity index is 0.00000420. The zero-order valence-corrected chi connectivity index (χ0v) is 21.6. The van der Waals surface area contributed by atoms with Gasteiger partial charge in [0.15, 0.2) is 5.96 Å². The maximum atomic E-state index is 5.64. The van der Waals surface area contributed by atoms with Crippen molar-refractivity contribution in [2.75, 3.05) is 26.3 Å². The summed E-state index contributed by atoms with van der Waals surface area (Å²) in [6, 6.07) is 0.294. The summed E-state index contributed by atoms with van der Waals surface area (Å²) in [4.78, 5) is 5.00. The van der Waals surface area contributed by atoms with E-state index in [9.17, 15) is 0 Å². The Morgan fingerprint density at radius 3 is 2.52 bits per heavy atom. The predicted molar refractivity (Wildman–Crippen MR) is 132 cm³/mol. The van der Waals surface area contributed by atoms with Gasteiger partial charge in [0.1, 0.15) is 0 Å². The molecule has 0 aliphatic heterocycles. The number of rotatable bonds is 10. The number of halogens is 1. The Bertz CT molecular complexity index is 637. The van der Waals surface area contributed by atoms with Gasteiger partial charge in [-0.15, -0.1) is 24.0 Å². The fourth-order valence-corrected chi connectivity index (χ4v) is 4.32. The van der Waals surface area contributed by atoms with Crippen LogP contribution in [-0.4, -0.2) is 48.1 Å². The molecule has 1 aliphatic rings. The fourth-order valence-electron chi connectivity index (χ4n) is 4.32. The van der Waals surface area contributed by atoms with E-state index in [-0.39, 0.29) is 24.0 Å². The molecule has 0 spiro atoms. The molecule has 1 aliphatic carbocycles. The van der Waals surface area contributed by atoms with Crippen LogP contribution in [0.5, 0.6) is 0 Å². The Morgan fingerprint density at radius 2 is 1.97 bits per heavy atom. The standard InChI is InChI=1S/C22H41N5O.HI/c1-7-23-21(24-16-22(11-9-10-12-22)13-14-28-8-2)25-17(3)15-20-18(4)26-27(6)19(20)5;/h17H,7-16H2,1-6H3,(H2,23,24,25);1H. The van der Waals surface area contributed by atoms with Crippen LogP contribution in [0.15, 0.2) is 4.99 Å². The minimum absolute atomic E-state index is 0. The van der Waals surface area contributed by atoms with Gasteiger partial charge in [-0.2, -0.15) is 5.10 Å². The fraction of sp³-hybridized carbons (Fsp3) is 0.818. The number of aryl methyl sites for hydroxylation is 2. The molecular formula is C22H42IN5O. The third-order valence-corrected chi connectivity index (χ3v) is 6.11. The molecule has 29 heavy (non-hydrogen) atoms. The summed E-state index contributed by atoms with van der Waals surface area (Å²) in [5.41, 5.74) is 4.02. The first-order valence-corrected chi connectivity index (χ1v) is 11.0. The molecule has 1 heterocycles. The van der Waals surface area contributed by atoms with Crippen molar-refractivity contribution in [3.05, 3.63) is 17.0 Å². The Labute approximate surface area is 194 Å². The molecule has 2 rings (SSSR count). The molecule has 1 saturated carbocycles. The van der Waals surface area contributed by atoms with Crippen LogP contribution in [0, 0.1) is 19.3 Å². The largest absolute Gasteiger partial charge is 0.382 e. The van der Waals surface area contributed by atoms with Gasteiger partial charge in [-0.3, -0.25) is 9.67 Å². The number of hydrogen-bond acceptors (Lipinski definition) is 3. The topological polar surface area (TPSA) is 63.5 Å². The highest BCUT2D eigenvalue weighted by Crippen LogP contribution is 2.41. The number of nitrogens with one attached hydrogen (secondary N) is 2. The van der Waals surface area contributed by atoms with Crippen LogP contribution in [0.3, 0.4) is 0 Å². The number of ether oxygens (including phenoxy) is 1. The average molecular weight is 520 g/mol. The van der Waals surface area contributed by atoms with Crippen molar-refractivity contribution in [3.63, 3.8) is 0 Å². The van der Waals surface area contributed by atoms with Crippen LogP contribution in [0.2, 0.25) is 0 Å². The molecule has 0 radical (unpaired) electrons. The zero-order chi connectivity index (χ0) is 20.6. The summed E-state index contributed by atoms with van der Waals surface area (Å²) in [5.74, 6) is 0.928. The SMILES string of the molecule is CCNC(=NCC1(CCOCC)CCCC1)NC(C)Cc1c(C)nn(C)c1C.I. The van der Waals surface area contributed by atoms with Gasteiger partial charge in [0.2, 0.25) is 0 Å². The number of hydrogen-bond donors (Lipinski definition) is 2. The van der Waals surface area contributed by atoms with Crippen LogP contribution >= 0.6 is 24.0 Å². The van der Waals surface area contributed by atoms with Gasteiger partial charge < -0.3 is 15.4 Å². The molecule has 2 N–H and O–H groups in total. The summed E-state index contributed by atoms with van der Waals surface area (Å²) in [5, 5.41) is 11.6. The maximum Gasteiger partial charge on any atom is 0.191 e. The highest BCUT2D eigenvalue weighted by atomic mass is 127. The van der Waals surface area contributed by atoms with Crippen molar-refractivity contribution in [1.82, 2.24) is 20.4 Å². The molecule has 168 valence electrons. The van der Waals surface area contributed by atoms with E-state index in [2.05, 4.69) is 50.4 Å². The van der Waals surface area contributed by atoms with E-state index in [0.717, 1.165) is 50.8 Å². The van der Waals surface area contributed by atoms with Crippen molar-refractivity contribution in [2.45, 2.75) is 79.2 Å². The van der Waals surface area contributed by atoms with Gasteiger partial charge in [0.05, 0.1) is 5.69 Å². The molecule has 0 bridgehead atoms. The molecule has 1 aromatic heterocycles. The Morgan fingerprint density at radius 1 is 1.28 bits per heavy atom. The van der Waals surface area contributed by atoms with Crippen molar-refractivity contribution in [2.24, 2.45) is 17.5 Å². The number of guanidine groups is 1. The second-order valence-corrected chi connectivity index (χ2v) is 8.37. The highest BCUT2D eigenvalue weighted by Gasteiger charge is 2.33. The van der Waals surface area contributed by atoms with Gasteiger partial charge in [-0.1, -0.05) is 12.8 Å². The van der Waals surface area contributed by atoms with Crippen LogP contribution in [0.25, 0.3) is 0 Å². The molecular weight excluding hydrogens is 477 g/mol. The highest BCUT2D eigenvalue weighted by molar-refractivity contribution is 14.0. The summed E-state index contributed by atoms with van der Waals surface area (Å²) < 4.78 is 7.61. The van der Waals surface area contributed by atoms with Crippen molar-refractivity contribution in [1.29, 1.82) is 0 Å². The average Bonchev–Trinajstić information content (AvgIpc) is 3.21. The third kappa shape index (κ3) is 7.74. The monoisotopic (exact) mass is 519 g/mol. The molecule has 1 unspecified atom stereocenters. The molecule has 7 heteroatoms. The van der Waals surface area contributed by atoms with Crippen LogP contribution in [-0.2, 0) is 18.2 Å². The Hall–Kier alpha value is -0.830. The van der Waals surface area contributed by atoms with Crippen LogP contribution in [0.1, 0.15) is 69.8 Å². The van der Waals surface area contributed by atoms with E-state index >= 15 is 0 Å². The number of nitrogens with zero attached hydrogens (tertiary/aromatic N) is 3. The zero-order valence-electron chi connectivity index (χ0n) is 19.3. The second kappa shape index (κ2) is 12.8. The lowest BCUT2D eigenvalue weighted by Crippen LogP contribution is -2.43. The summed E-state index contributed by atoms with van der Waals surface area (Å²) in [6.45, 7) is 14.1. The lowest BCUT2D eigenvalue weighted by Gasteiger charge is -2.28. The van der Waals surface area contributed by atoms with Gasteiger partial charge in [-0.05, 0) is 71.3 Å². The first-order valence-electron chi connectivity index (χ1n) is 11.0. The van der Waals surface area contributed by atoms with Crippen molar-refractivity contribution >= 4 is 29.9 Å². The van der Waals surface area contributed by atoms with Gasteiger partial charge in [0, 0.05) is 45.1 Å². The number of aliphatic imine (C=N–C) groups is 1. The molecule has 1 fully saturated rings. The van der Waals surface area contributed by atoms with Gasteiger partial charge >= 0.3 is 0 Å². The van der Waals surface area contributed by atoms with Crippen LogP contribution in [0.4, 0.5) is 0 Å². The minimum atomic E-state index is 0. The quantitative estimate of drug-likeness (QED) is 0.211. The van der Waals surface area contributed by atoms with Crippen molar-refractivity contribution < 1.29 is 4.74 Å². The molecule has 6 nitrogen and oxygen atoms in total. The van der Waals surface area contributed by atoms with Gasteiger partial charge in [0.25, 0.3) is 0 Å². The van der Waals surface area contributed by atoms with Crippen molar-refractivity contribution in [3.8, 4) is 0 Å². The lowest BCUT2D eigenvalue weighted by molar-refractivity contribution is 0.107. The summed E-state index contributed by atoms with van der Waals surface area (Å²) >= 11 is 0. The van der Waals surface area contributed by atoms with E-state index in [4.69, 9.17) is 9.73 Å². The summed E-state index contributed by atoms with van der Waals surface area (Å²) in [7, 11) is 2.01. The molecule has 0 amide bonds. The third-order valence-electron chi connectivity index (χ3n) is 6.11. The van der Waals surface area contributed by atoms with E-state index in [1.807, 2.05) is 11.7 Å². The first kappa shape index (κ1) is 26.2. The van der Waals surface area contributed by atoms with E-state index in [0.29, 0.717) is 11.5 Å². The first-order chi connectivity index (χ1) is 13.4. The molecule has 1 atom stereocenters. The smallest absolute Gasteiger partial charge is 0.191 e. The summed E-state index contributed by atoms with van der Waals surface area (Å²) in [6.07, 6.45) is 7.25. The maximum absolute atomic E-state index is 5.64. The van der Waals surface area contributed by atoms with Gasteiger partial charge in [-0.25, -0.2) is 0 Å². The van der Waals surface area contributed by atoms with E-state index in [1.54, 1.807) is 0 Å². The lowest BCUT2D eigenvalue weighted by atomic mass is 9.83. The van der Waals surface area contributed by atoms with Crippen LogP contribution < -0.4 is 10.6 Å². The minimum Gasteiger partial charge on any atom is -0.382 e. The molecule has 0 saturated heterocycles. The number of aromatic nitrogens is 2. The van der Waals surface area contributed by atoms with E-state index < -0.39 is 0 Å². The molecule has 0 aromatic carbocycles. The predicted octanol–water partition coefficient (Wildman–Crippen LogP) is 4.13. The van der Waals surface area contributed by atoms with E-state index in [1.165, 1.54) is 36.9 Å². The second-order valence-electron chi connectivity index (χ2n) is 8.37.